The summed E-state index contributed by atoms with van der Waals surface area (Å²) >= 11 is 5.85. The average molecular weight is 237 g/mol. The molecule has 1 aromatic carbocycles. The van der Waals surface area contributed by atoms with Crippen molar-refractivity contribution in [1.82, 2.24) is 4.98 Å². The third kappa shape index (κ3) is 2.94. The molecule has 0 radical (unpaired) electrons. The Kier molecular flexibility index (Phi) is 3.37. The summed E-state index contributed by atoms with van der Waals surface area (Å²) in [5.74, 6) is 0.301. The molecule has 0 saturated carbocycles. The van der Waals surface area contributed by atoms with E-state index >= 15 is 0 Å². The van der Waals surface area contributed by atoms with Crippen LogP contribution in [0.4, 0.5) is 10.2 Å². The number of halogens is 2. The molecule has 0 aliphatic carbocycles. The van der Waals surface area contributed by atoms with E-state index in [1.54, 1.807) is 6.07 Å². The Balaban J connectivity index is 1.99. The number of benzene rings is 1. The summed E-state index contributed by atoms with van der Waals surface area (Å²) in [5, 5.41) is 3.78. The molecule has 0 saturated heterocycles. The lowest BCUT2D eigenvalue weighted by Crippen LogP contribution is -2.01. The van der Waals surface area contributed by atoms with Crippen LogP contribution in [0, 0.1) is 5.82 Å². The molecule has 16 heavy (non-hydrogen) atoms. The number of pyridine rings is 1. The van der Waals surface area contributed by atoms with Gasteiger partial charge in [-0.2, -0.15) is 0 Å². The van der Waals surface area contributed by atoms with Crippen molar-refractivity contribution < 1.29 is 4.39 Å². The molecule has 0 atom stereocenters. The highest BCUT2D eigenvalue weighted by Gasteiger charge is 1.96. The summed E-state index contributed by atoms with van der Waals surface area (Å²) in [5.41, 5.74) is 1.05. The second kappa shape index (κ2) is 4.94. The van der Waals surface area contributed by atoms with E-state index in [4.69, 9.17) is 11.6 Å². The van der Waals surface area contributed by atoms with Crippen molar-refractivity contribution in [3.63, 3.8) is 0 Å². The Bertz CT molecular complexity index is 471. The number of anilines is 1. The number of nitrogens with zero attached hydrogens (tertiary/aromatic N) is 1. The first-order chi connectivity index (χ1) is 7.74. The van der Waals surface area contributed by atoms with Crippen molar-refractivity contribution in [2.45, 2.75) is 6.54 Å². The molecule has 0 aliphatic heterocycles. The highest BCUT2D eigenvalue weighted by Crippen LogP contribution is 2.12. The SMILES string of the molecule is Fc1ccc(NCc2cccc(Cl)c2)nc1. The van der Waals surface area contributed by atoms with Crippen molar-refractivity contribution in [2.75, 3.05) is 5.32 Å². The molecule has 1 aromatic heterocycles. The molecule has 1 N–H and O–H groups in total. The molecule has 82 valence electrons. The van der Waals surface area contributed by atoms with Gasteiger partial charge in [-0.15, -0.1) is 0 Å². The van der Waals surface area contributed by atoms with Gasteiger partial charge in [0.2, 0.25) is 0 Å². The van der Waals surface area contributed by atoms with E-state index < -0.39 is 0 Å². The van der Waals surface area contributed by atoms with Crippen LogP contribution in [0.1, 0.15) is 5.56 Å². The van der Waals surface area contributed by atoms with Crippen LogP contribution in [-0.2, 0) is 6.54 Å². The Morgan fingerprint density at radius 2 is 2.12 bits per heavy atom. The van der Waals surface area contributed by atoms with Gasteiger partial charge in [0.25, 0.3) is 0 Å². The maximum Gasteiger partial charge on any atom is 0.141 e. The van der Waals surface area contributed by atoms with E-state index in [-0.39, 0.29) is 5.82 Å². The van der Waals surface area contributed by atoms with Crippen molar-refractivity contribution in [3.05, 3.63) is 59.0 Å². The van der Waals surface area contributed by atoms with E-state index in [1.165, 1.54) is 12.3 Å². The Labute approximate surface area is 98.1 Å². The molecular formula is C12H10ClFN2. The Hall–Kier alpha value is -1.61. The summed E-state index contributed by atoms with van der Waals surface area (Å²) in [6.07, 6.45) is 1.18. The van der Waals surface area contributed by atoms with Gasteiger partial charge in [-0.3, -0.25) is 0 Å². The van der Waals surface area contributed by atoms with Gasteiger partial charge in [-0.25, -0.2) is 9.37 Å². The number of rotatable bonds is 3. The quantitative estimate of drug-likeness (QED) is 0.883. The van der Waals surface area contributed by atoms with Crippen molar-refractivity contribution in [3.8, 4) is 0 Å². The minimum absolute atomic E-state index is 0.340. The van der Waals surface area contributed by atoms with E-state index in [1.807, 2.05) is 24.3 Å². The number of hydrogen-bond donors (Lipinski definition) is 1. The zero-order chi connectivity index (χ0) is 11.4. The fraction of sp³-hybridized carbons (Fsp3) is 0.0833. The molecule has 0 spiro atoms. The van der Waals surface area contributed by atoms with Gasteiger partial charge in [-0.1, -0.05) is 23.7 Å². The van der Waals surface area contributed by atoms with Crippen LogP contribution in [0.2, 0.25) is 5.02 Å². The predicted molar refractivity (Wildman–Crippen MR) is 63.0 cm³/mol. The topological polar surface area (TPSA) is 24.9 Å². The Morgan fingerprint density at radius 3 is 2.81 bits per heavy atom. The molecular weight excluding hydrogens is 227 g/mol. The maximum atomic E-state index is 12.6. The molecule has 0 fully saturated rings. The van der Waals surface area contributed by atoms with E-state index in [0.717, 1.165) is 5.56 Å². The summed E-state index contributed by atoms with van der Waals surface area (Å²) < 4.78 is 12.6. The summed E-state index contributed by atoms with van der Waals surface area (Å²) in [6.45, 7) is 0.610. The molecule has 2 nitrogen and oxygen atoms in total. The fourth-order valence-electron chi connectivity index (χ4n) is 1.32. The predicted octanol–water partition coefficient (Wildman–Crippen LogP) is 3.49. The lowest BCUT2D eigenvalue weighted by molar-refractivity contribution is 0.621. The first-order valence-corrected chi connectivity index (χ1v) is 5.22. The summed E-state index contributed by atoms with van der Waals surface area (Å²) in [7, 11) is 0. The van der Waals surface area contributed by atoms with E-state index in [9.17, 15) is 4.39 Å². The third-order valence-electron chi connectivity index (χ3n) is 2.09. The third-order valence-corrected chi connectivity index (χ3v) is 2.33. The second-order valence-corrected chi connectivity index (χ2v) is 3.78. The largest absolute Gasteiger partial charge is 0.366 e. The summed E-state index contributed by atoms with van der Waals surface area (Å²) in [6, 6.07) is 10.5. The van der Waals surface area contributed by atoms with Crippen molar-refractivity contribution >= 4 is 17.4 Å². The van der Waals surface area contributed by atoms with E-state index in [0.29, 0.717) is 17.4 Å². The molecule has 0 amide bonds. The van der Waals surface area contributed by atoms with Gasteiger partial charge in [-0.05, 0) is 29.8 Å². The second-order valence-electron chi connectivity index (χ2n) is 3.35. The smallest absolute Gasteiger partial charge is 0.141 e. The van der Waals surface area contributed by atoms with Crippen molar-refractivity contribution in [1.29, 1.82) is 0 Å². The lowest BCUT2D eigenvalue weighted by Gasteiger charge is -2.05. The van der Waals surface area contributed by atoms with Crippen LogP contribution in [-0.4, -0.2) is 4.98 Å². The van der Waals surface area contributed by atoms with Crippen LogP contribution >= 0.6 is 11.6 Å². The number of aromatic nitrogens is 1. The summed E-state index contributed by atoms with van der Waals surface area (Å²) in [4.78, 5) is 3.90. The minimum atomic E-state index is -0.340. The molecule has 2 rings (SSSR count). The van der Waals surface area contributed by atoms with Crippen LogP contribution < -0.4 is 5.32 Å². The highest BCUT2D eigenvalue weighted by molar-refractivity contribution is 6.30. The molecule has 0 aliphatic rings. The number of nitrogens with one attached hydrogen (secondary N) is 1. The first kappa shape index (κ1) is 10.9. The average Bonchev–Trinajstić information content (AvgIpc) is 2.28. The van der Waals surface area contributed by atoms with Gasteiger partial charge in [0.05, 0.1) is 6.20 Å². The molecule has 1 heterocycles. The van der Waals surface area contributed by atoms with Gasteiger partial charge in [0.1, 0.15) is 11.6 Å². The van der Waals surface area contributed by atoms with Crippen LogP contribution in [0.3, 0.4) is 0 Å². The fourth-order valence-corrected chi connectivity index (χ4v) is 1.53. The first-order valence-electron chi connectivity index (χ1n) is 4.84. The monoisotopic (exact) mass is 236 g/mol. The van der Waals surface area contributed by atoms with Gasteiger partial charge < -0.3 is 5.32 Å². The van der Waals surface area contributed by atoms with E-state index in [2.05, 4.69) is 10.3 Å². The molecule has 4 heteroatoms. The zero-order valence-electron chi connectivity index (χ0n) is 8.45. The van der Waals surface area contributed by atoms with Crippen molar-refractivity contribution in [2.24, 2.45) is 0 Å². The maximum absolute atomic E-state index is 12.6. The Morgan fingerprint density at radius 1 is 1.25 bits per heavy atom. The van der Waals surface area contributed by atoms with Gasteiger partial charge >= 0.3 is 0 Å². The standard InChI is InChI=1S/C12H10ClFN2/c13-10-3-1-2-9(6-10)7-15-12-5-4-11(14)8-16-12/h1-6,8H,7H2,(H,15,16). The van der Waals surface area contributed by atoms with Gasteiger partial charge in [0.15, 0.2) is 0 Å². The normalized spacial score (nSPS) is 10.1. The number of hydrogen-bond acceptors (Lipinski definition) is 2. The molecule has 0 bridgehead atoms. The molecule has 0 unspecified atom stereocenters. The van der Waals surface area contributed by atoms with Crippen LogP contribution in [0.15, 0.2) is 42.6 Å². The minimum Gasteiger partial charge on any atom is -0.366 e. The van der Waals surface area contributed by atoms with Crippen LogP contribution in [0.5, 0.6) is 0 Å². The highest BCUT2D eigenvalue weighted by atomic mass is 35.5. The van der Waals surface area contributed by atoms with Crippen LogP contribution in [0.25, 0.3) is 0 Å². The zero-order valence-corrected chi connectivity index (χ0v) is 9.21. The molecule has 2 aromatic rings. The lowest BCUT2D eigenvalue weighted by atomic mass is 10.2. The van der Waals surface area contributed by atoms with Gasteiger partial charge in [0, 0.05) is 11.6 Å².